The maximum atomic E-state index is 13.4. The Bertz CT molecular complexity index is 964. The molecule has 1 aliphatic heterocycles. The first-order chi connectivity index (χ1) is 14.5. The fraction of sp³-hybridized carbons (Fsp3) is 0.429. The minimum absolute atomic E-state index is 0.206. The highest BCUT2D eigenvalue weighted by Crippen LogP contribution is 2.36. The van der Waals surface area contributed by atoms with E-state index in [0.29, 0.717) is 43.9 Å². The Labute approximate surface area is 175 Å². The first-order valence-electron chi connectivity index (χ1n) is 9.69. The molecule has 1 unspecified atom stereocenters. The van der Waals surface area contributed by atoms with Crippen molar-refractivity contribution in [2.75, 3.05) is 29.4 Å². The predicted molar refractivity (Wildman–Crippen MR) is 104 cm³/mol. The van der Waals surface area contributed by atoms with E-state index >= 15 is 0 Å². The van der Waals surface area contributed by atoms with Crippen LogP contribution in [0.3, 0.4) is 0 Å². The third-order valence-electron chi connectivity index (χ3n) is 5.35. The average Bonchev–Trinajstić information content (AvgIpc) is 2.73. The second-order valence-corrected chi connectivity index (χ2v) is 7.30. The van der Waals surface area contributed by atoms with E-state index in [-0.39, 0.29) is 6.04 Å². The zero-order valence-corrected chi connectivity index (χ0v) is 16.6. The quantitative estimate of drug-likeness (QED) is 0.588. The van der Waals surface area contributed by atoms with Gasteiger partial charge in [-0.3, -0.25) is 4.98 Å². The van der Waals surface area contributed by atoms with Crippen LogP contribution in [-0.4, -0.2) is 30.7 Å². The van der Waals surface area contributed by atoms with E-state index in [1.807, 2.05) is 0 Å². The molecule has 0 saturated carbocycles. The minimum Gasteiger partial charge on any atom is -0.368 e. The molecule has 1 atom stereocenters. The Morgan fingerprint density at radius 1 is 1.13 bits per heavy atom. The maximum Gasteiger partial charge on any atom is 0.417 e. The van der Waals surface area contributed by atoms with E-state index in [4.69, 9.17) is 5.26 Å². The highest BCUT2D eigenvalue weighted by Gasteiger charge is 2.35. The molecule has 1 aromatic carbocycles. The van der Waals surface area contributed by atoms with Crippen LogP contribution in [0.5, 0.6) is 0 Å². The Kier molecular flexibility index (Phi) is 6.34. The van der Waals surface area contributed by atoms with Crippen molar-refractivity contribution in [1.82, 2.24) is 4.98 Å². The zero-order valence-electron chi connectivity index (χ0n) is 16.6. The molecule has 0 N–H and O–H groups in total. The van der Waals surface area contributed by atoms with Crippen molar-refractivity contribution in [3.05, 3.63) is 53.3 Å². The molecule has 0 radical (unpaired) electrons. The van der Waals surface area contributed by atoms with E-state index in [1.165, 1.54) is 12.3 Å². The summed E-state index contributed by atoms with van der Waals surface area (Å²) in [5, 5.41) is 9.00. The molecule has 4 nitrogen and oxygen atoms in total. The SMILES string of the molecule is CCN(c1ccc(C#N)c(C(F)(F)F)c1)C1CCCN(c2cncc(C(F)(F)F)c2)C1. The van der Waals surface area contributed by atoms with Crippen LogP contribution in [0.1, 0.15) is 36.5 Å². The third kappa shape index (κ3) is 5.03. The normalized spacial score (nSPS) is 17.4. The number of piperidine rings is 1. The smallest absolute Gasteiger partial charge is 0.368 e. The molecular weight excluding hydrogens is 422 g/mol. The summed E-state index contributed by atoms with van der Waals surface area (Å²) >= 11 is 0. The van der Waals surface area contributed by atoms with Gasteiger partial charge >= 0.3 is 12.4 Å². The van der Waals surface area contributed by atoms with Crippen molar-refractivity contribution >= 4 is 11.4 Å². The molecule has 10 heteroatoms. The Morgan fingerprint density at radius 2 is 1.87 bits per heavy atom. The van der Waals surface area contributed by atoms with Crippen molar-refractivity contribution in [3.8, 4) is 6.07 Å². The predicted octanol–water partition coefficient (Wildman–Crippen LogP) is 5.49. The summed E-state index contributed by atoms with van der Waals surface area (Å²) in [5.41, 5.74) is -1.65. The molecule has 31 heavy (non-hydrogen) atoms. The molecule has 3 rings (SSSR count). The lowest BCUT2D eigenvalue weighted by Crippen LogP contribution is -2.48. The molecule has 0 aliphatic carbocycles. The minimum atomic E-state index is -4.66. The van der Waals surface area contributed by atoms with Gasteiger partial charge in [-0.25, -0.2) is 0 Å². The Hall–Kier alpha value is -2.96. The fourth-order valence-electron chi connectivity index (χ4n) is 3.89. The second kappa shape index (κ2) is 8.65. The van der Waals surface area contributed by atoms with Crippen molar-refractivity contribution in [2.24, 2.45) is 0 Å². The van der Waals surface area contributed by atoms with Gasteiger partial charge in [-0.1, -0.05) is 0 Å². The van der Waals surface area contributed by atoms with Gasteiger partial charge in [-0.05, 0) is 44.0 Å². The number of nitriles is 1. The fourth-order valence-corrected chi connectivity index (χ4v) is 3.89. The highest BCUT2D eigenvalue weighted by molar-refractivity contribution is 5.56. The lowest BCUT2D eigenvalue weighted by Gasteiger charge is -2.41. The van der Waals surface area contributed by atoms with Crippen LogP contribution in [0.4, 0.5) is 37.7 Å². The molecule has 1 aromatic heterocycles. The van der Waals surface area contributed by atoms with Crippen molar-refractivity contribution in [2.45, 2.75) is 38.2 Å². The van der Waals surface area contributed by atoms with Crippen LogP contribution in [0.2, 0.25) is 0 Å². The van der Waals surface area contributed by atoms with Crippen LogP contribution >= 0.6 is 0 Å². The molecule has 2 aromatic rings. The van der Waals surface area contributed by atoms with Gasteiger partial charge in [0.15, 0.2) is 0 Å². The van der Waals surface area contributed by atoms with E-state index < -0.39 is 29.0 Å². The number of rotatable bonds is 4. The van der Waals surface area contributed by atoms with Crippen molar-refractivity contribution in [3.63, 3.8) is 0 Å². The number of hydrogen-bond acceptors (Lipinski definition) is 4. The molecule has 1 fully saturated rings. The van der Waals surface area contributed by atoms with Crippen molar-refractivity contribution < 1.29 is 26.3 Å². The van der Waals surface area contributed by atoms with E-state index in [0.717, 1.165) is 24.4 Å². The van der Waals surface area contributed by atoms with E-state index in [9.17, 15) is 26.3 Å². The summed E-state index contributed by atoms with van der Waals surface area (Å²) in [6.45, 7) is 3.08. The first kappa shape index (κ1) is 22.7. The summed E-state index contributed by atoms with van der Waals surface area (Å²) in [5.74, 6) is 0. The lowest BCUT2D eigenvalue weighted by atomic mass is 10.0. The standard InChI is InChI=1S/C21H20F6N4/c1-2-31(16-6-5-14(10-28)19(9-16)21(25,26)27)17-4-3-7-30(13-17)18-8-15(11-29-12-18)20(22,23)24/h5-6,8-9,11-12,17H,2-4,7,13H2,1H3. The van der Waals surface area contributed by atoms with Crippen molar-refractivity contribution in [1.29, 1.82) is 5.26 Å². The maximum absolute atomic E-state index is 13.4. The molecule has 1 saturated heterocycles. The summed E-state index contributed by atoms with van der Waals surface area (Å²) in [6, 6.07) is 5.99. The zero-order chi connectivity index (χ0) is 22.8. The number of pyridine rings is 1. The van der Waals surface area contributed by atoms with E-state index in [2.05, 4.69) is 4.98 Å². The molecule has 2 heterocycles. The molecule has 1 aliphatic rings. The van der Waals surface area contributed by atoms with Gasteiger partial charge < -0.3 is 9.80 Å². The third-order valence-corrected chi connectivity index (χ3v) is 5.35. The summed E-state index contributed by atoms with van der Waals surface area (Å²) in [6.07, 6.45) is -5.71. The number of alkyl halides is 6. The topological polar surface area (TPSA) is 43.2 Å². The summed E-state index contributed by atoms with van der Waals surface area (Å²) in [4.78, 5) is 7.27. The molecule has 166 valence electrons. The van der Waals surface area contributed by atoms with Gasteiger partial charge in [0, 0.05) is 37.6 Å². The Morgan fingerprint density at radius 3 is 2.48 bits per heavy atom. The number of anilines is 2. The van der Waals surface area contributed by atoms with E-state index in [1.54, 1.807) is 22.8 Å². The number of likely N-dealkylation sites (N-methyl/N-ethyl adjacent to an activating group) is 1. The van der Waals surface area contributed by atoms with Crippen LogP contribution in [0, 0.1) is 11.3 Å². The van der Waals surface area contributed by atoms with Gasteiger partial charge in [0.25, 0.3) is 0 Å². The number of nitrogens with zero attached hydrogens (tertiary/aromatic N) is 4. The number of hydrogen-bond donors (Lipinski definition) is 0. The van der Waals surface area contributed by atoms with Crippen LogP contribution in [-0.2, 0) is 12.4 Å². The van der Waals surface area contributed by atoms with Gasteiger partial charge in [0.05, 0.1) is 34.6 Å². The Balaban J connectivity index is 1.88. The lowest BCUT2D eigenvalue weighted by molar-refractivity contribution is -0.138. The first-order valence-corrected chi connectivity index (χ1v) is 9.69. The van der Waals surface area contributed by atoms with Crippen LogP contribution < -0.4 is 9.80 Å². The van der Waals surface area contributed by atoms with Gasteiger partial charge in [0.1, 0.15) is 0 Å². The van der Waals surface area contributed by atoms with Gasteiger partial charge in [-0.2, -0.15) is 31.6 Å². The molecule has 0 spiro atoms. The summed E-state index contributed by atoms with van der Waals surface area (Å²) < 4.78 is 79.2. The molecule has 0 amide bonds. The number of aromatic nitrogens is 1. The largest absolute Gasteiger partial charge is 0.417 e. The molecule has 0 bridgehead atoms. The van der Waals surface area contributed by atoms with Crippen LogP contribution in [0.25, 0.3) is 0 Å². The second-order valence-electron chi connectivity index (χ2n) is 7.30. The summed E-state index contributed by atoms with van der Waals surface area (Å²) in [7, 11) is 0. The van der Waals surface area contributed by atoms with Gasteiger partial charge in [-0.15, -0.1) is 0 Å². The highest BCUT2D eigenvalue weighted by atomic mass is 19.4. The number of benzene rings is 1. The average molecular weight is 442 g/mol. The van der Waals surface area contributed by atoms with Crippen LogP contribution in [0.15, 0.2) is 36.7 Å². The monoisotopic (exact) mass is 442 g/mol. The molecular formula is C21H20F6N4. The number of halogens is 6. The van der Waals surface area contributed by atoms with Gasteiger partial charge in [0.2, 0.25) is 0 Å².